The lowest BCUT2D eigenvalue weighted by Gasteiger charge is -2.03. The first-order chi connectivity index (χ1) is 6.06. The largest absolute Gasteiger partial charge is 0.318 e. The average Bonchev–Trinajstić information content (AvgIpc) is 2.08. The van der Waals surface area contributed by atoms with Crippen LogP contribution in [0.2, 0.25) is 0 Å². The lowest BCUT2D eigenvalue weighted by Crippen LogP contribution is -2.09. The van der Waals surface area contributed by atoms with E-state index in [2.05, 4.69) is 5.43 Å². The number of nitrogens with two attached hydrogens (primary N) is 1. The number of anilines is 1. The third-order valence-electron chi connectivity index (χ3n) is 1.63. The normalized spacial score (nSPS) is 9.77. The molecule has 0 fully saturated rings. The van der Waals surface area contributed by atoms with Crippen LogP contribution in [-0.4, -0.2) is 4.92 Å². The Morgan fingerprint density at radius 3 is 2.69 bits per heavy atom. The van der Waals surface area contributed by atoms with Crippen molar-refractivity contribution in [1.82, 2.24) is 0 Å². The van der Waals surface area contributed by atoms with E-state index in [0.717, 1.165) is 6.07 Å². The third-order valence-corrected chi connectivity index (χ3v) is 1.63. The summed E-state index contributed by atoms with van der Waals surface area (Å²) in [4.78, 5) is 9.69. The number of aryl methyl sites for hydroxylation is 1. The minimum atomic E-state index is -0.697. The lowest BCUT2D eigenvalue weighted by molar-refractivity contribution is -0.384. The number of halogens is 1. The fraction of sp³-hybridized carbons (Fsp3) is 0.143. The van der Waals surface area contributed by atoms with Gasteiger partial charge < -0.3 is 5.43 Å². The SMILES string of the molecule is Cc1cc(NN)c([N+](=O)[O-])cc1F. The van der Waals surface area contributed by atoms with Gasteiger partial charge in [-0.1, -0.05) is 0 Å². The Balaban J connectivity index is 3.33. The van der Waals surface area contributed by atoms with Gasteiger partial charge in [0.25, 0.3) is 5.69 Å². The molecule has 0 aromatic heterocycles. The predicted molar refractivity (Wildman–Crippen MR) is 45.6 cm³/mol. The molecule has 0 amide bonds. The van der Waals surface area contributed by atoms with Crippen molar-refractivity contribution in [3.05, 3.63) is 33.6 Å². The quantitative estimate of drug-likeness (QED) is 0.413. The van der Waals surface area contributed by atoms with Crippen LogP contribution >= 0.6 is 0 Å². The van der Waals surface area contributed by atoms with Gasteiger partial charge in [-0.25, -0.2) is 4.39 Å². The van der Waals surface area contributed by atoms with Crippen molar-refractivity contribution in [3.8, 4) is 0 Å². The minimum absolute atomic E-state index is 0.101. The molecular formula is C7H8FN3O2. The maximum atomic E-state index is 12.9. The van der Waals surface area contributed by atoms with Crippen molar-refractivity contribution in [2.24, 2.45) is 5.84 Å². The summed E-state index contributed by atoms with van der Waals surface area (Å²) in [5, 5.41) is 10.4. The van der Waals surface area contributed by atoms with E-state index < -0.39 is 10.7 Å². The number of nitrogens with one attached hydrogen (secondary N) is 1. The van der Waals surface area contributed by atoms with E-state index in [4.69, 9.17) is 5.84 Å². The smallest absolute Gasteiger partial charge is 0.296 e. The molecule has 0 atom stereocenters. The summed E-state index contributed by atoms with van der Waals surface area (Å²) in [6.07, 6.45) is 0. The molecule has 0 aliphatic rings. The highest BCUT2D eigenvalue weighted by Gasteiger charge is 2.15. The van der Waals surface area contributed by atoms with Crippen LogP contribution in [0.25, 0.3) is 0 Å². The van der Waals surface area contributed by atoms with Crippen molar-refractivity contribution in [2.45, 2.75) is 6.92 Å². The summed E-state index contributed by atoms with van der Waals surface area (Å²) in [6.45, 7) is 1.50. The van der Waals surface area contributed by atoms with Crippen LogP contribution in [0.1, 0.15) is 5.56 Å². The summed E-state index contributed by atoms with van der Waals surface area (Å²) in [5.41, 5.74) is 2.17. The Morgan fingerprint density at radius 1 is 1.62 bits per heavy atom. The molecule has 0 spiro atoms. The van der Waals surface area contributed by atoms with E-state index in [1.165, 1.54) is 13.0 Å². The van der Waals surface area contributed by atoms with E-state index in [1.807, 2.05) is 0 Å². The molecule has 0 saturated heterocycles. The summed E-state index contributed by atoms with van der Waals surface area (Å²) < 4.78 is 12.9. The maximum absolute atomic E-state index is 12.9. The summed E-state index contributed by atoms with van der Waals surface area (Å²) in [6, 6.07) is 2.12. The fourth-order valence-electron chi connectivity index (χ4n) is 0.938. The molecule has 1 aromatic carbocycles. The van der Waals surface area contributed by atoms with Crippen molar-refractivity contribution in [3.63, 3.8) is 0 Å². The van der Waals surface area contributed by atoms with Crippen LogP contribution in [0, 0.1) is 22.9 Å². The zero-order valence-electron chi connectivity index (χ0n) is 6.87. The Hall–Kier alpha value is -1.69. The second-order valence-corrected chi connectivity index (χ2v) is 2.52. The van der Waals surface area contributed by atoms with Crippen molar-refractivity contribution in [1.29, 1.82) is 0 Å². The molecule has 0 unspecified atom stereocenters. The van der Waals surface area contributed by atoms with E-state index in [1.54, 1.807) is 0 Å². The van der Waals surface area contributed by atoms with Gasteiger partial charge in [0.1, 0.15) is 11.5 Å². The Bertz CT molecular complexity index is 354. The van der Waals surface area contributed by atoms with E-state index in [9.17, 15) is 14.5 Å². The van der Waals surface area contributed by atoms with E-state index in [0.29, 0.717) is 5.56 Å². The van der Waals surface area contributed by atoms with Crippen molar-refractivity contribution >= 4 is 11.4 Å². The number of nitro benzene ring substituents is 1. The zero-order valence-corrected chi connectivity index (χ0v) is 6.87. The molecule has 70 valence electrons. The molecule has 1 rings (SSSR count). The molecule has 6 heteroatoms. The molecule has 5 nitrogen and oxygen atoms in total. The molecule has 0 aliphatic carbocycles. The number of rotatable bonds is 2. The Morgan fingerprint density at radius 2 is 2.23 bits per heavy atom. The van der Waals surface area contributed by atoms with Gasteiger partial charge in [0.05, 0.1) is 11.0 Å². The van der Waals surface area contributed by atoms with Gasteiger partial charge in [-0.2, -0.15) is 0 Å². The number of nitrogens with zero attached hydrogens (tertiary/aromatic N) is 1. The summed E-state index contributed by atoms with van der Waals surface area (Å²) in [5.74, 6) is 4.41. The van der Waals surface area contributed by atoms with Gasteiger partial charge in [-0.3, -0.25) is 16.0 Å². The maximum Gasteiger partial charge on any atom is 0.296 e. The number of benzene rings is 1. The van der Waals surface area contributed by atoms with Crippen LogP contribution in [0.15, 0.2) is 12.1 Å². The van der Waals surface area contributed by atoms with Gasteiger partial charge >= 0.3 is 0 Å². The number of nitrogen functional groups attached to an aromatic ring is 1. The predicted octanol–water partition coefficient (Wildman–Crippen LogP) is 1.33. The van der Waals surface area contributed by atoms with Crippen LogP contribution in [-0.2, 0) is 0 Å². The fourth-order valence-corrected chi connectivity index (χ4v) is 0.938. The second kappa shape index (κ2) is 3.36. The molecular weight excluding hydrogens is 177 g/mol. The van der Waals surface area contributed by atoms with Gasteiger partial charge in [0.2, 0.25) is 0 Å². The van der Waals surface area contributed by atoms with Crippen LogP contribution in [0.4, 0.5) is 15.8 Å². The van der Waals surface area contributed by atoms with Gasteiger partial charge in [-0.05, 0) is 18.6 Å². The molecule has 1 aromatic rings. The Labute approximate surface area is 73.5 Å². The molecule has 3 N–H and O–H groups in total. The molecule has 0 bridgehead atoms. The first kappa shape index (κ1) is 9.40. The van der Waals surface area contributed by atoms with Crippen LogP contribution in [0.3, 0.4) is 0 Å². The monoisotopic (exact) mass is 185 g/mol. The van der Waals surface area contributed by atoms with Crippen molar-refractivity contribution in [2.75, 3.05) is 5.43 Å². The average molecular weight is 185 g/mol. The van der Waals surface area contributed by atoms with Gasteiger partial charge in [0.15, 0.2) is 0 Å². The second-order valence-electron chi connectivity index (χ2n) is 2.52. The third kappa shape index (κ3) is 1.73. The van der Waals surface area contributed by atoms with Crippen LogP contribution < -0.4 is 11.3 Å². The molecule has 0 heterocycles. The zero-order chi connectivity index (χ0) is 10.0. The lowest BCUT2D eigenvalue weighted by atomic mass is 10.2. The summed E-state index contributed by atoms with van der Waals surface area (Å²) in [7, 11) is 0. The highest BCUT2D eigenvalue weighted by atomic mass is 19.1. The number of nitro groups is 1. The molecule has 0 aliphatic heterocycles. The summed E-state index contributed by atoms with van der Waals surface area (Å²) >= 11 is 0. The van der Waals surface area contributed by atoms with Crippen molar-refractivity contribution < 1.29 is 9.31 Å². The van der Waals surface area contributed by atoms with E-state index >= 15 is 0 Å². The molecule has 0 radical (unpaired) electrons. The highest BCUT2D eigenvalue weighted by Crippen LogP contribution is 2.26. The van der Waals surface area contributed by atoms with Crippen LogP contribution in [0.5, 0.6) is 0 Å². The number of hydrogen-bond donors (Lipinski definition) is 2. The number of hydrazine groups is 1. The first-order valence-electron chi connectivity index (χ1n) is 3.47. The molecule has 13 heavy (non-hydrogen) atoms. The van der Waals surface area contributed by atoms with Gasteiger partial charge in [-0.15, -0.1) is 0 Å². The topological polar surface area (TPSA) is 81.2 Å². The first-order valence-corrected chi connectivity index (χ1v) is 3.47. The van der Waals surface area contributed by atoms with Gasteiger partial charge in [0, 0.05) is 0 Å². The highest BCUT2D eigenvalue weighted by molar-refractivity contribution is 5.62. The number of hydrogen-bond acceptors (Lipinski definition) is 4. The standard InChI is InChI=1S/C7H8FN3O2/c1-4-2-6(10-9)7(11(12)13)3-5(4)8/h2-3,10H,9H2,1H3. The molecule has 0 saturated carbocycles. The minimum Gasteiger partial charge on any atom is -0.318 e. The van der Waals surface area contributed by atoms with E-state index in [-0.39, 0.29) is 11.4 Å². The Kier molecular flexibility index (Phi) is 2.43.